The normalized spacial score (nSPS) is 15.4. The average molecular weight is 422 g/mol. The van der Waals surface area contributed by atoms with Crippen LogP contribution in [0.1, 0.15) is 31.1 Å². The van der Waals surface area contributed by atoms with Crippen LogP contribution in [0.2, 0.25) is 5.02 Å². The minimum absolute atomic E-state index is 0.0445. The molecule has 132 valence electrons. The third-order valence-corrected chi connectivity index (χ3v) is 4.66. The lowest BCUT2D eigenvalue weighted by atomic mass is 10.1. The van der Waals surface area contributed by atoms with Crippen LogP contribution in [0, 0.1) is 5.82 Å². The number of nitrogens with zero attached hydrogens (tertiary/aromatic N) is 2. The van der Waals surface area contributed by atoms with Crippen LogP contribution < -0.4 is 0 Å². The summed E-state index contributed by atoms with van der Waals surface area (Å²) in [6, 6.07) is 2.48. The number of benzene rings is 1. The first-order chi connectivity index (χ1) is 11.1. The lowest BCUT2D eigenvalue weighted by molar-refractivity contribution is 0.0140. The van der Waals surface area contributed by atoms with Gasteiger partial charge in [-0.1, -0.05) is 11.6 Å². The Bertz CT molecular complexity index is 655. The Morgan fingerprint density at radius 2 is 1.71 bits per heavy atom. The summed E-state index contributed by atoms with van der Waals surface area (Å²) in [6.07, 6.45) is -0.407. The van der Waals surface area contributed by atoms with E-state index in [4.69, 9.17) is 16.3 Å². The van der Waals surface area contributed by atoms with Gasteiger partial charge in [-0.2, -0.15) is 0 Å². The number of hydrogen-bond acceptors (Lipinski definition) is 3. The lowest BCUT2D eigenvalue weighted by Gasteiger charge is -2.35. The number of carbonyl (C=O) groups excluding carboxylic acids is 2. The predicted octanol–water partition coefficient (Wildman–Crippen LogP) is 3.93. The zero-order valence-corrected chi connectivity index (χ0v) is 16.1. The van der Waals surface area contributed by atoms with Gasteiger partial charge in [0.05, 0.1) is 10.6 Å². The molecule has 1 fully saturated rings. The Balaban J connectivity index is 2.01. The molecule has 0 bridgehead atoms. The quantitative estimate of drug-likeness (QED) is 0.646. The number of ether oxygens (including phenoxy) is 1. The zero-order chi connectivity index (χ0) is 18.1. The summed E-state index contributed by atoms with van der Waals surface area (Å²) in [6.45, 7) is 6.72. The first kappa shape index (κ1) is 19.0. The number of amides is 2. The van der Waals surface area contributed by atoms with Gasteiger partial charge in [0.15, 0.2) is 0 Å². The van der Waals surface area contributed by atoms with Gasteiger partial charge >= 0.3 is 6.09 Å². The smallest absolute Gasteiger partial charge is 0.410 e. The van der Waals surface area contributed by atoms with Crippen molar-refractivity contribution in [2.24, 2.45) is 0 Å². The van der Waals surface area contributed by atoms with Gasteiger partial charge in [-0.25, -0.2) is 9.18 Å². The number of carbonyl (C=O) groups is 2. The van der Waals surface area contributed by atoms with E-state index in [-0.39, 0.29) is 10.6 Å². The summed E-state index contributed by atoms with van der Waals surface area (Å²) in [4.78, 5) is 27.6. The molecule has 1 saturated heterocycles. The third-order valence-electron chi connectivity index (χ3n) is 3.46. The fraction of sp³-hybridized carbons (Fsp3) is 0.500. The highest BCUT2D eigenvalue weighted by Gasteiger charge is 2.29. The van der Waals surface area contributed by atoms with Crippen LogP contribution in [0.25, 0.3) is 0 Å². The maximum absolute atomic E-state index is 14.0. The Morgan fingerprint density at radius 3 is 2.25 bits per heavy atom. The fourth-order valence-electron chi connectivity index (χ4n) is 2.28. The van der Waals surface area contributed by atoms with Crippen LogP contribution in [0.4, 0.5) is 9.18 Å². The van der Waals surface area contributed by atoms with E-state index < -0.39 is 23.4 Å². The predicted molar refractivity (Wildman–Crippen MR) is 92.8 cm³/mol. The molecule has 8 heteroatoms. The van der Waals surface area contributed by atoms with Crippen molar-refractivity contribution in [3.8, 4) is 0 Å². The highest BCUT2D eigenvalue weighted by molar-refractivity contribution is 9.10. The fourth-order valence-corrected chi connectivity index (χ4v) is 2.77. The maximum atomic E-state index is 14.0. The zero-order valence-electron chi connectivity index (χ0n) is 13.7. The van der Waals surface area contributed by atoms with Gasteiger partial charge < -0.3 is 14.5 Å². The molecule has 1 aromatic rings. The first-order valence-electron chi connectivity index (χ1n) is 7.50. The summed E-state index contributed by atoms with van der Waals surface area (Å²) in [5.41, 5.74) is -0.611. The molecule has 1 heterocycles. The van der Waals surface area contributed by atoms with Crippen LogP contribution >= 0.6 is 27.5 Å². The molecule has 0 spiro atoms. The average Bonchev–Trinajstić information content (AvgIpc) is 2.49. The minimum Gasteiger partial charge on any atom is -0.444 e. The van der Waals surface area contributed by atoms with Crippen molar-refractivity contribution < 1.29 is 18.7 Å². The number of rotatable bonds is 1. The molecule has 1 aliphatic heterocycles. The van der Waals surface area contributed by atoms with Crippen molar-refractivity contribution in [1.82, 2.24) is 9.80 Å². The molecular weight excluding hydrogens is 403 g/mol. The summed E-state index contributed by atoms with van der Waals surface area (Å²) in [5.74, 6) is -1.09. The molecule has 24 heavy (non-hydrogen) atoms. The molecule has 0 unspecified atom stereocenters. The highest BCUT2D eigenvalue weighted by Crippen LogP contribution is 2.26. The van der Waals surface area contributed by atoms with Crippen LogP contribution in [0.3, 0.4) is 0 Å². The van der Waals surface area contributed by atoms with E-state index in [2.05, 4.69) is 15.9 Å². The molecule has 0 saturated carbocycles. The standard InChI is InChI=1S/C16H19BrClFN2O3/c1-16(2,3)24-15(23)21-6-4-20(5-7-21)14(22)10-8-11(17)12(18)9-13(10)19/h8-9H,4-7H2,1-3H3. The van der Waals surface area contributed by atoms with Crippen molar-refractivity contribution in [2.75, 3.05) is 26.2 Å². The van der Waals surface area contributed by atoms with Crippen LogP contribution in [0.5, 0.6) is 0 Å². The van der Waals surface area contributed by atoms with E-state index in [1.807, 2.05) is 0 Å². The van der Waals surface area contributed by atoms with Gasteiger partial charge in [0.25, 0.3) is 5.91 Å². The summed E-state index contributed by atoms with van der Waals surface area (Å²) in [7, 11) is 0. The van der Waals surface area contributed by atoms with Crippen molar-refractivity contribution in [3.63, 3.8) is 0 Å². The Kier molecular flexibility index (Phi) is 5.75. The Hall–Kier alpha value is -1.34. The van der Waals surface area contributed by atoms with Gasteiger partial charge in [0, 0.05) is 30.7 Å². The van der Waals surface area contributed by atoms with Crippen LogP contribution in [0.15, 0.2) is 16.6 Å². The van der Waals surface area contributed by atoms with Gasteiger partial charge in [-0.05, 0) is 48.8 Å². The largest absolute Gasteiger partial charge is 0.444 e. The second-order valence-corrected chi connectivity index (χ2v) is 7.77. The van der Waals surface area contributed by atoms with E-state index in [0.717, 1.165) is 6.07 Å². The molecule has 0 radical (unpaired) electrons. The summed E-state index contributed by atoms with van der Waals surface area (Å²) < 4.78 is 19.8. The lowest BCUT2D eigenvalue weighted by Crippen LogP contribution is -2.51. The third kappa shape index (κ3) is 4.60. The molecule has 0 N–H and O–H groups in total. The van der Waals surface area contributed by atoms with Gasteiger partial charge in [0.2, 0.25) is 0 Å². The Labute approximate surface area is 153 Å². The van der Waals surface area contributed by atoms with E-state index in [1.165, 1.54) is 11.0 Å². The number of hydrogen-bond donors (Lipinski definition) is 0. The highest BCUT2D eigenvalue weighted by atomic mass is 79.9. The molecule has 0 atom stereocenters. The van der Waals surface area contributed by atoms with E-state index in [9.17, 15) is 14.0 Å². The van der Waals surface area contributed by atoms with E-state index in [0.29, 0.717) is 30.7 Å². The summed E-state index contributed by atoms with van der Waals surface area (Å²) >= 11 is 9.00. The molecule has 1 aliphatic rings. The first-order valence-corrected chi connectivity index (χ1v) is 8.67. The molecule has 5 nitrogen and oxygen atoms in total. The molecule has 1 aromatic carbocycles. The van der Waals surface area contributed by atoms with Crippen molar-refractivity contribution >= 4 is 39.5 Å². The molecule has 0 aliphatic carbocycles. The van der Waals surface area contributed by atoms with E-state index >= 15 is 0 Å². The molecule has 0 aromatic heterocycles. The number of halogens is 3. The topological polar surface area (TPSA) is 49.9 Å². The van der Waals surface area contributed by atoms with Crippen molar-refractivity contribution in [1.29, 1.82) is 0 Å². The minimum atomic E-state index is -0.664. The second kappa shape index (κ2) is 7.27. The monoisotopic (exact) mass is 420 g/mol. The summed E-state index contributed by atoms with van der Waals surface area (Å²) in [5, 5.41) is 0.207. The van der Waals surface area contributed by atoms with Gasteiger partial charge in [0.1, 0.15) is 11.4 Å². The molecular formula is C16H19BrClFN2O3. The van der Waals surface area contributed by atoms with Gasteiger partial charge in [-0.3, -0.25) is 4.79 Å². The maximum Gasteiger partial charge on any atom is 0.410 e. The van der Waals surface area contributed by atoms with Crippen LogP contribution in [-0.2, 0) is 4.74 Å². The Morgan fingerprint density at radius 1 is 1.17 bits per heavy atom. The second-order valence-electron chi connectivity index (χ2n) is 6.51. The van der Waals surface area contributed by atoms with E-state index in [1.54, 1.807) is 25.7 Å². The van der Waals surface area contributed by atoms with Crippen molar-refractivity contribution in [3.05, 3.63) is 33.0 Å². The van der Waals surface area contributed by atoms with Crippen molar-refractivity contribution in [2.45, 2.75) is 26.4 Å². The molecule has 2 rings (SSSR count). The van der Waals surface area contributed by atoms with Gasteiger partial charge in [-0.15, -0.1) is 0 Å². The SMILES string of the molecule is CC(C)(C)OC(=O)N1CCN(C(=O)c2cc(Br)c(Cl)cc2F)CC1. The van der Waals surface area contributed by atoms with Crippen LogP contribution in [-0.4, -0.2) is 53.6 Å². The molecule has 2 amide bonds. The number of piperazine rings is 1.